The highest BCUT2D eigenvalue weighted by Gasteiger charge is 2.48. The first-order chi connectivity index (χ1) is 19.3. The summed E-state index contributed by atoms with van der Waals surface area (Å²) in [6, 6.07) is 13.4. The molecule has 4 aromatic rings. The quantitative estimate of drug-likeness (QED) is 0.181. The maximum absolute atomic E-state index is 13.9. The summed E-state index contributed by atoms with van der Waals surface area (Å²) in [6.45, 7) is 4.21. The second-order valence-electron chi connectivity index (χ2n) is 9.58. The molecule has 0 aliphatic carbocycles. The third-order valence-corrected chi connectivity index (χ3v) is 7.98. The minimum Gasteiger partial charge on any atom is -0.507 e. The Labute approximate surface area is 233 Å². The van der Waals surface area contributed by atoms with Gasteiger partial charge in [-0.1, -0.05) is 17.4 Å². The first kappa shape index (κ1) is 25.8. The standard InChI is InChI=1S/C30H25FN2O6S/c1-4-38-22-10-5-16(13-23(22)37-3)26-25(27(34)17-6-9-21-18(12-17)11-15(2)39-21)28(35)29(36)33(26)30-32-20-8-7-19(31)14-24(20)40-30/h5-10,12-15,26,34H,4,11H2,1-3H3/t15-,26+/m0/s1. The van der Waals surface area contributed by atoms with Gasteiger partial charge in [0.15, 0.2) is 16.6 Å². The van der Waals surface area contributed by atoms with Crippen LogP contribution < -0.4 is 19.1 Å². The van der Waals surface area contributed by atoms with E-state index < -0.39 is 23.5 Å². The van der Waals surface area contributed by atoms with Crippen molar-refractivity contribution in [2.75, 3.05) is 18.6 Å². The van der Waals surface area contributed by atoms with Crippen molar-refractivity contribution in [2.45, 2.75) is 32.4 Å². The van der Waals surface area contributed by atoms with Crippen molar-refractivity contribution in [3.05, 3.63) is 82.7 Å². The smallest absolute Gasteiger partial charge is 0.301 e. The summed E-state index contributed by atoms with van der Waals surface area (Å²) < 4.78 is 31.4. The number of carbonyl (C=O) groups excluding carboxylic acids is 2. The van der Waals surface area contributed by atoms with Gasteiger partial charge in [-0.15, -0.1) is 0 Å². The number of aliphatic hydroxyl groups excluding tert-OH is 1. The minimum atomic E-state index is -1.03. The number of aliphatic hydroxyl groups is 1. The number of hydrogen-bond donors (Lipinski definition) is 1. The van der Waals surface area contributed by atoms with Gasteiger partial charge in [0.2, 0.25) is 0 Å². The molecule has 0 saturated carbocycles. The summed E-state index contributed by atoms with van der Waals surface area (Å²) >= 11 is 1.09. The lowest BCUT2D eigenvalue weighted by Crippen LogP contribution is -2.29. The topological polar surface area (TPSA) is 98.2 Å². The number of anilines is 1. The number of methoxy groups -OCH3 is 1. The SMILES string of the molecule is CCOc1ccc([C@@H]2C(=C(O)c3ccc4c(c3)C[C@H](C)O4)C(=O)C(=O)N2c2nc3ccc(F)cc3s2)cc1OC. The van der Waals surface area contributed by atoms with E-state index in [1.165, 1.54) is 30.2 Å². The molecule has 1 N–H and O–H groups in total. The van der Waals surface area contributed by atoms with E-state index in [9.17, 15) is 19.1 Å². The fraction of sp³-hybridized carbons (Fsp3) is 0.233. The molecular weight excluding hydrogens is 535 g/mol. The summed E-state index contributed by atoms with van der Waals surface area (Å²) in [5.41, 5.74) is 2.19. The summed E-state index contributed by atoms with van der Waals surface area (Å²) in [6.07, 6.45) is 0.658. The maximum Gasteiger partial charge on any atom is 0.301 e. The Bertz CT molecular complexity index is 1710. The second kappa shape index (κ2) is 9.95. The zero-order chi connectivity index (χ0) is 28.1. The average Bonchev–Trinajstić information content (AvgIpc) is 3.60. The van der Waals surface area contributed by atoms with Gasteiger partial charge in [-0.3, -0.25) is 14.5 Å². The largest absolute Gasteiger partial charge is 0.507 e. The van der Waals surface area contributed by atoms with E-state index in [1.807, 2.05) is 13.8 Å². The van der Waals surface area contributed by atoms with E-state index in [-0.39, 0.29) is 22.6 Å². The molecular formula is C30H25FN2O6S. The van der Waals surface area contributed by atoms with Crippen LogP contribution in [0.25, 0.3) is 16.0 Å². The first-order valence-corrected chi connectivity index (χ1v) is 13.6. The maximum atomic E-state index is 13.9. The van der Waals surface area contributed by atoms with Crippen LogP contribution in [0, 0.1) is 5.82 Å². The number of carbonyl (C=O) groups is 2. The molecule has 1 saturated heterocycles. The predicted octanol–water partition coefficient (Wildman–Crippen LogP) is 5.79. The number of thiazole rings is 1. The first-order valence-electron chi connectivity index (χ1n) is 12.8. The molecule has 3 heterocycles. The van der Waals surface area contributed by atoms with E-state index in [0.717, 1.165) is 22.6 Å². The molecule has 0 bridgehead atoms. The molecule has 3 aromatic carbocycles. The lowest BCUT2D eigenvalue weighted by Gasteiger charge is -2.24. The summed E-state index contributed by atoms with van der Waals surface area (Å²) in [5.74, 6) is -0.837. The fourth-order valence-electron chi connectivity index (χ4n) is 5.19. The number of ether oxygens (including phenoxy) is 3. The number of halogens is 1. The van der Waals surface area contributed by atoms with Gasteiger partial charge in [0.25, 0.3) is 5.78 Å². The van der Waals surface area contributed by atoms with Crippen LogP contribution in [0.2, 0.25) is 0 Å². The van der Waals surface area contributed by atoms with Gasteiger partial charge in [0.1, 0.15) is 23.4 Å². The van der Waals surface area contributed by atoms with Gasteiger partial charge in [-0.25, -0.2) is 9.37 Å². The molecule has 0 radical (unpaired) electrons. The molecule has 0 spiro atoms. The van der Waals surface area contributed by atoms with Crippen molar-refractivity contribution < 1.29 is 33.3 Å². The highest BCUT2D eigenvalue weighted by molar-refractivity contribution is 7.22. The molecule has 0 unspecified atom stereocenters. The van der Waals surface area contributed by atoms with Crippen LogP contribution in [-0.2, 0) is 16.0 Å². The van der Waals surface area contributed by atoms with E-state index in [1.54, 1.807) is 36.4 Å². The van der Waals surface area contributed by atoms with Crippen molar-refractivity contribution in [3.8, 4) is 17.2 Å². The summed E-state index contributed by atoms with van der Waals surface area (Å²) in [5, 5.41) is 11.8. The zero-order valence-electron chi connectivity index (χ0n) is 21.9. The highest BCUT2D eigenvalue weighted by Crippen LogP contribution is 2.46. The monoisotopic (exact) mass is 560 g/mol. The van der Waals surface area contributed by atoms with Crippen LogP contribution in [0.5, 0.6) is 17.2 Å². The van der Waals surface area contributed by atoms with Crippen molar-refractivity contribution in [1.29, 1.82) is 0 Å². The number of aromatic nitrogens is 1. The highest BCUT2D eigenvalue weighted by atomic mass is 32.1. The van der Waals surface area contributed by atoms with E-state index >= 15 is 0 Å². The number of ketones is 1. The van der Waals surface area contributed by atoms with Crippen LogP contribution in [0.4, 0.5) is 9.52 Å². The van der Waals surface area contributed by atoms with Crippen LogP contribution in [0.3, 0.4) is 0 Å². The number of benzene rings is 3. The number of Topliss-reactive ketones (excluding diaryl/α,β-unsaturated/α-hetero) is 1. The Hall–Kier alpha value is -4.44. The number of nitrogens with zero attached hydrogens (tertiary/aromatic N) is 2. The molecule has 40 heavy (non-hydrogen) atoms. The Morgan fingerprint density at radius 3 is 2.75 bits per heavy atom. The molecule has 1 fully saturated rings. The van der Waals surface area contributed by atoms with Crippen LogP contribution >= 0.6 is 11.3 Å². The molecule has 2 aliphatic rings. The molecule has 8 nitrogen and oxygen atoms in total. The van der Waals surface area contributed by atoms with Crippen LogP contribution in [0.15, 0.2) is 60.2 Å². The molecule has 2 aliphatic heterocycles. The van der Waals surface area contributed by atoms with Gasteiger partial charge < -0.3 is 19.3 Å². The third kappa shape index (κ3) is 4.24. The second-order valence-corrected chi connectivity index (χ2v) is 10.6. The van der Waals surface area contributed by atoms with Gasteiger partial charge in [0.05, 0.1) is 35.5 Å². The fourth-order valence-corrected chi connectivity index (χ4v) is 6.21. The van der Waals surface area contributed by atoms with Gasteiger partial charge in [-0.05, 0) is 73.5 Å². The van der Waals surface area contributed by atoms with Crippen molar-refractivity contribution in [3.63, 3.8) is 0 Å². The van der Waals surface area contributed by atoms with Gasteiger partial charge in [0, 0.05) is 12.0 Å². The average molecular weight is 561 g/mol. The Morgan fingerprint density at radius 2 is 1.98 bits per heavy atom. The summed E-state index contributed by atoms with van der Waals surface area (Å²) in [7, 11) is 1.49. The van der Waals surface area contributed by atoms with E-state index in [4.69, 9.17) is 14.2 Å². The lowest BCUT2D eigenvalue weighted by molar-refractivity contribution is -0.132. The lowest BCUT2D eigenvalue weighted by atomic mass is 9.94. The molecule has 1 aromatic heterocycles. The summed E-state index contributed by atoms with van der Waals surface area (Å²) in [4.78, 5) is 33.0. The molecule has 2 atom stereocenters. The number of fused-ring (bicyclic) bond motifs is 2. The van der Waals surface area contributed by atoms with Crippen molar-refractivity contribution >= 4 is 44.1 Å². The van der Waals surface area contributed by atoms with Gasteiger partial charge >= 0.3 is 5.91 Å². The Kier molecular flexibility index (Phi) is 6.42. The molecule has 6 rings (SSSR count). The third-order valence-electron chi connectivity index (χ3n) is 6.96. The number of hydrogen-bond acceptors (Lipinski definition) is 8. The molecule has 204 valence electrons. The van der Waals surface area contributed by atoms with Crippen LogP contribution in [0.1, 0.15) is 36.6 Å². The Morgan fingerprint density at radius 1 is 1.15 bits per heavy atom. The van der Waals surface area contributed by atoms with E-state index in [0.29, 0.717) is 45.9 Å². The normalized spacial score (nSPS) is 19.6. The number of rotatable bonds is 6. The predicted molar refractivity (Wildman–Crippen MR) is 149 cm³/mol. The minimum absolute atomic E-state index is 0.00170. The van der Waals surface area contributed by atoms with E-state index in [2.05, 4.69) is 4.98 Å². The number of amides is 1. The Balaban J connectivity index is 1.55. The van der Waals surface area contributed by atoms with Gasteiger partial charge in [-0.2, -0.15) is 0 Å². The zero-order valence-corrected chi connectivity index (χ0v) is 22.8. The molecule has 10 heteroatoms. The van der Waals surface area contributed by atoms with Crippen molar-refractivity contribution in [2.24, 2.45) is 0 Å². The van der Waals surface area contributed by atoms with Crippen molar-refractivity contribution in [1.82, 2.24) is 4.98 Å². The van der Waals surface area contributed by atoms with Crippen LogP contribution in [-0.4, -0.2) is 41.6 Å². The molecule has 1 amide bonds.